The highest BCUT2D eigenvalue weighted by atomic mass is 32.1. The van der Waals surface area contributed by atoms with Crippen molar-refractivity contribution in [1.29, 1.82) is 0 Å². The lowest BCUT2D eigenvalue weighted by atomic mass is 10.0. The Bertz CT molecular complexity index is 795. The van der Waals surface area contributed by atoms with Crippen LogP contribution in [0.5, 0.6) is 0 Å². The largest absolute Gasteiger partial charge is 0.288 e. The number of benzene rings is 1. The molecule has 0 unspecified atom stereocenters. The van der Waals surface area contributed by atoms with E-state index in [0.717, 1.165) is 36.7 Å². The topological polar surface area (TPSA) is 46.8 Å². The summed E-state index contributed by atoms with van der Waals surface area (Å²) in [7, 11) is 0. The van der Waals surface area contributed by atoms with Crippen LogP contribution < -0.4 is 0 Å². The zero-order valence-electron chi connectivity index (χ0n) is 13.8. The van der Waals surface area contributed by atoms with Gasteiger partial charge < -0.3 is 0 Å². The summed E-state index contributed by atoms with van der Waals surface area (Å²) in [5.41, 5.74) is 4.21. The van der Waals surface area contributed by atoms with Crippen LogP contribution in [-0.4, -0.2) is 31.2 Å². The van der Waals surface area contributed by atoms with Crippen LogP contribution in [0.4, 0.5) is 0 Å². The van der Waals surface area contributed by atoms with Crippen molar-refractivity contribution in [3.8, 4) is 5.69 Å². The van der Waals surface area contributed by atoms with Crippen molar-refractivity contribution >= 4 is 11.3 Å². The zero-order chi connectivity index (χ0) is 16.4. The third-order valence-electron chi connectivity index (χ3n) is 4.71. The van der Waals surface area contributed by atoms with Crippen molar-refractivity contribution in [3.05, 3.63) is 58.6 Å². The van der Waals surface area contributed by atoms with E-state index in [1.165, 1.54) is 17.7 Å². The lowest BCUT2D eigenvalue weighted by molar-refractivity contribution is 0.133. The van der Waals surface area contributed by atoms with Gasteiger partial charge in [0.15, 0.2) is 5.82 Å². The van der Waals surface area contributed by atoms with Crippen LogP contribution in [0.2, 0.25) is 0 Å². The molecule has 6 heteroatoms. The molecule has 4 rings (SSSR count). The van der Waals surface area contributed by atoms with Gasteiger partial charge in [-0.3, -0.25) is 9.47 Å². The average Bonchev–Trinajstić information content (AvgIpc) is 3.26. The minimum atomic E-state index is 0.308. The van der Waals surface area contributed by atoms with E-state index in [1.54, 1.807) is 11.3 Å². The molecule has 1 saturated heterocycles. The summed E-state index contributed by atoms with van der Waals surface area (Å²) in [5, 5.41) is 8.68. The smallest absolute Gasteiger partial charge is 0.154 e. The first-order valence-electron chi connectivity index (χ1n) is 8.41. The van der Waals surface area contributed by atoms with Gasteiger partial charge in [0, 0.05) is 17.1 Å². The summed E-state index contributed by atoms with van der Waals surface area (Å²) < 4.78 is 2.13. The second-order valence-electron chi connectivity index (χ2n) is 6.24. The van der Waals surface area contributed by atoms with Crippen LogP contribution in [0.1, 0.15) is 41.7 Å². The first kappa shape index (κ1) is 15.5. The number of likely N-dealkylation sites (tertiary alicyclic amines) is 1. The van der Waals surface area contributed by atoms with Crippen LogP contribution in [0.15, 0.2) is 42.2 Å². The van der Waals surface area contributed by atoms with Crippen molar-refractivity contribution < 1.29 is 0 Å². The molecule has 0 radical (unpaired) electrons. The molecule has 2 aromatic heterocycles. The summed E-state index contributed by atoms with van der Waals surface area (Å²) in [6, 6.07) is 10.7. The van der Waals surface area contributed by atoms with E-state index in [2.05, 4.69) is 55.8 Å². The van der Waals surface area contributed by atoms with Crippen LogP contribution in [0, 0.1) is 6.92 Å². The number of nitrogens with zero attached hydrogens (tertiary/aromatic N) is 5. The fourth-order valence-corrected chi connectivity index (χ4v) is 4.20. The second kappa shape index (κ2) is 6.83. The Morgan fingerprint density at radius 2 is 2.08 bits per heavy atom. The molecule has 0 spiro atoms. The first-order valence-corrected chi connectivity index (χ1v) is 9.29. The Morgan fingerprint density at radius 1 is 1.21 bits per heavy atom. The van der Waals surface area contributed by atoms with Gasteiger partial charge in [-0.25, -0.2) is 4.98 Å². The van der Waals surface area contributed by atoms with E-state index in [-0.39, 0.29) is 0 Å². The molecular weight excluding hydrogens is 318 g/mol. The summed E-state index contributed by atoms with van der Waals surface area (Å²) in [6.45, 7) is 4.14. The molecule has 1 atom stereocenters. The van der Waals surface area contributed by atoms with Gasteiger partial charge in [-0.05, 0) is 38.4 Å². The molecule has 3 aromatic rings. The summed E-state index contributed by atoms with van der Waals surface area (Å²) >= 11 is 1.75. The predicted molar refractivity (Wildman–Crippen MR) is 95.2 cm³/mol. The Hall–Kier alpha value is -2.05. The quantitative estimate of drug-likeness (QED) is 0.726. The summed E-state index contributed by atoms with van der Waals surface area (Å²) in [5.74, 6) is 1.04. The van der Waals surface area contributed by atoms with Crippen LogP contribution >= 0.6 is 11.3 Å². The van der Waals surface area contributed by atoms with Gasteiger partial charge in [0.2, 0.25) is 0 Å². The molecule has 1 aromatic carbocycles. The van der Waals surface area contributed by atoms with E-state index in [9.17, 15) is 0 Å². The van der Waals surface area contributed by atoms with Crippen LogP contribution in [0.25, 0.3) is 5.69 Å². The fraction of sp³-hybridized carbons (Fsp3) is 0.389. The van der Waals surface area contributed by atoms with Gasteiger partial charge in [0.25, 0.3) is 0 Å². The standard InChI is InChI=1S/C18H21N5S/c1-14-17(24-13-19-14)11-22-10-6-5-9-16(22)18-21-20-12-23(18)15-7-3-2-4-8-15/h2-4,7-8,12-13,16H,5-6,9-11H2,1H3/t16-/m0/s1. The first-order chi connectivity index (χ1) is 11.8. The van der Waals surface area contributed by atoms with E-state index < -0.39 is 0 Å². The average molecular weight is 339 g/mol. The van der Waals surface area contributed by atoms with Crippen LogP contribution in [-0.2, 0) is 6.54 Å². The maximum absolute atomic E-state index is 4.48. The van der Waals surface area contributed by atoms with Gasteiger partial charge in [-0.2, -0.15) is 0 Å². The lowest BCUT2D eigenvalue weighted by Gasteiger charge is -2.34. The highest BCUT2D eigenvalue weighted by Gasteiger charge is 2.29. The highest BCUT2D eigenvalue weighted by molar-refractivity contribution is 7.09. The Morgan fingerprint density at radius 3 is 2.88 bits per heavy atom. The van der Waals surface area contributed by atoms with Crippen molar-refractivity contribution in [3.63, 3.8) is 0 Å². The molecule has 0 aliphatic carbocycles. The number of rotatable bonds is 4. The zero-order valence-corrected chi connectivity index (χ0v) is 14.6. The molecule has 0 bridgehead atoms. The number of thiazole rings is 1. The molecule has 24 heavy (non-hydrogen) atoms. The van der Waals surface area contributed by atoms with Crippen molar-refractivity contribution in [1.82, 2.24) is 24.6 Å². The molecular formula is C18H21N5S. The number of hydrogen-bond acceptors (Lipinski definition) is 5. The van der Waals surface area contributed by atoms with E-state index in [4.69, 9.17) is 0 Å². The maximum atomic E-state index is 4.48. The minimum Gasteiger partial charge on any atom is -0.288 e. The third-order valence-corrected chi connectivity index (χ3v) is 5.63. The number of aromatic nitrogens is 4. The van der Waals surface area contributed by atoms with Crippen molar-refractivity contribution in [2.75, 3.05) is 6.54 Å². The number of para-hydroxylation sites is 1. The van der Waals surface area contributed by atoms with Gasteiger partial charge in [0.1, 0.15) is 6.33 Å². The normalized spacial score (nSPS) is 18.8. The molecule has 0 amide bonds. The number of aryl methyl sites for hydroxylation is 1. The van der Waals surface area contributed by atoms with Gasteiger partial charge >= 0.3 is 0 Å². The monoisotopic (exact) mass is 339 g/mol. The predicted octanol–water partition coefficient (Wildman–Crippen LogP) is 3.76. The van der Waals surface area contributed by atoms with E-state index >= 15 is 0 Å². The summed E-state index contributed by atoms with van der Waals surface area (Å²) in [6.07, 6.45) is 5.44. The van der Waals surface area contributed by atoms with Crippen LogP contribution in [0.3, 0.4) is 0 Å². The number of piperidine rings is 1. The minimum absolute atomic E-state index is 0.308. The number of hydrogen-bond donors (Lipinski definition) is 0. The molecule has 5 nitrogen and oxygen atoms in total. The van der Waals surface area contributed by atoms with E-state index in [1.807, 2.05) is 17.9 Å². The van der Waals surface area contributed by atoms with E-state index in [0.29, 0.717) is 6.04 Å². The Balaban J connectivity index is 1.64. The Kier molecular flexibility index (Phi) is 4.40. The molecule has 124 valence electrons. The molecule has 1 aliphatic rings. The molecule has 3 heterocycles. The second-order valence-corrected chi connectivity index (χ2v) is 7.18. The Labute approximate surface area is 146 Å². The fourth-order valence-electron chi connectivity index (χ4n) is 3.39. The molecule has 1 aliphatic heterocycles. The molecule has 1 fully saturated rings. The highest BCUT2D eigenvalue weighted by Crippen LogP contribution is 2.33. The summed E-state index contributed by atoms with van der Waals surface area (Å²) in [4.78, 5) is 8.28. The van der Waals surface area contributed by atoms with Gasteiger partial charge in [-0.15, -0.1) is 21.5 Å². The third kappa shape index (κ3) is 2.99. The van der Waals surface area contributed by atoms with Gasteiger partial charge in [0.05, 0.1) is 17.2 Å². The van der Waals surface area contributed by atoms with Gasteiger partial charge in [-0.1, -0.05) is 24.6 Å². The SMILES string of the molecule is Cc1ncsc1CN1CCCC[C@H]1c1nncn1-c1ccccc1. The van der Waals surface area contributed by atoms with Crippen molar-refractivity contribution in [2.24, 2.45) is 0 Å². The van der Waals surface area contributed by atoms with Crippen molar-refractivity contribution in [2.45, 2.75) is 38.8 Å². The molecule has 0 saturated carbocycles. The maximum Gasteiger partial charge on any atom is 0.154 e. The lowest BCUT2D eigenvalue weighted by Crippen LogP contribution is -2.34. The molecule has 0 N–H and O–H groups in total.